The summed E-state index contributed by atoms with van der Waals surface area (Å²) in [7, 11) is 0. The van der Waals surface area contributed by atoms with Crippen molar-refractivity contribution in [1.82, 2.24) is 9.97 Å². The number of rotatable bonds is 5. The van der Waals surface area contributed by atoms with Gasteiger partial charge in [0.15, 0.2) is 22.4 Å². The molecule has 0 bridgehead atoms. The summed E-state index contributed by atoms with van der Waals surface area (Å²) in [6.07, 6.45) is 2.20. The Balaban J connectivity index is 1.62. The van der Waals surface area contributed by atoms with Crippen molar-refractivity contribution >= 4 is 23.4 Å². The number of H-pyrrole nitrogens is 1. The SMILES string of the molecule is CC(C)CCSc1nc2c(c(=O)[nH]1)[C@H](c1ccc3c(c1)OCO3)C1=C(CC(C)(C)CC1=O)N2. The Morgan fingerprint density at radius 2 is 1.97 bits per heavy atom. The quantitative estimate of drug-likeness (QED) is 0.480. The average Bonchev–Trinajstić information content (AvgIpc) is 3.19. The number of carbonyl (C=O) groups excluding carboxylic acids is 1. The van der Waals surface area contributed by atoms with Crippen LogP contribution in [0.3, 0.4) is 0 Å². The number of ketones is 1. The monoisotopic (exact) mass is 467 g/mol. The van der Waals surface area contributed by atoms with E-state index in [0.717, 1.165) is 29.9 Å². The van der Waals surface area contributed by atoms with Crippen LogP contribution in [0.5, 0.6) is 11.5 Å². The molecule has 7 nitrogen and oxygen atoms in total. The minimum Gasteiger partial charge on any atom is -0.454 e. The van der Waals surface area contributed by atoms with Crippen LogP contribution in [0, 0.1) is 11.3 Å². The Hall–Kier alpha value is -2.74. The lowest BCUT2D eigenvalue weighted by Crippen LogP contribution is -2.37. The van der Waals surface area contributed by atoms with Crippen molar-refractivity contribution in [2.24, 2.45) is 11.3 Å². The number of fused-ring (bicyclic) bond motifs is 2. The minimum atomic E-state index is -0.500. The lowest BCUT2D eigenvalue weighted by molar-refractivity contribution is -0.118. The number of hydrogen-bond donors (Lipinski definition) is 2. The maximum atomic E-state index is 13.4. The van der Waals surface area contributed by atoms with Crippen molar-refractivity contribution in [2.75, 3.05) is 17.9 Å². The molecule has 0 spiro atoms. The van der Waals surface area contributed by atoms with Crippen LogP contribution in [0.2, 0.25) is 0 Å². The van der Waals surface area contributed by atoms with Crippen LogP contribution >= 0.6 is 11.8 Å². The molecule has 0 fully saturated rings. The van der Waals surface area contributed by atoms with E-state index in [2.05, 4.69) is 38.0 Å². The summed E-state index contributed by atoms with van der Waals surface area (Å²) in [6.45, 7) is 8.72. The molecule has 1 aromatic heterocycles. The van der Waals surface area contributed by atoms with Gasteiger partial charge in [-0.1, -0.05) is 45.5 Å². The third-order valence-electron chi connectivity index (χ3n) is 6.36. The van der Waals surface area contributed by atoms with Gasteiger partial charge in [-0.2, -0.15) is 0 Å². The first-order chi connectivity index (χ1) is 15.7. The van der Waals surface area contributed by atoms with Gasteiger partial charge in [0.2, 0.25) is 6.79 Å². The number of aromatic amines is 1. The molecule has 0 saturated heterocycles. The van der Waals surface area contributed by atoms with Crippen molar-refractivity contribution < 1.29 is 14.3 Å². The van der Waals surface area contributed by atoms with Gasteiger partial charge in [-0.05, 0) is 41.9 Å². The predicted molar refractivity (Wildman–Crippen MR) is 128 cm³/mol. The number of thioether (sulfide) groups is 1. The molecule has 2 N–H and O–H groups in total. The molecular weight excluding hydrogens is 438 g/mol. The van der Waals surface area contributed by atoms with E-state index in [4.69, 9.17) is 14.5 Å². The standard InChI is InChI=1S/C25H29N3O4S/c1-13(2)7-8-33-24-27-22-21(23(30)28-24)19(14-5-6-17-18(9-14)32-12-31-17)20-15(26-22)10-25(3,4)11-16(20)29/h5-6,9,13,19H,7-8,10-12H2,1-4H3,(H2,26,27,28,30)/t19-/m1/s1. The number of Topliss-reactive ketones (excluding diaryl/α,β-unsaturated/α-hetero) is 1. The van der Waals surface area contributed by atoms with Crippen molar-refractivity contribution in [1.29, 1.82) is 0 Å². The summed E-state index contributed by atoms with van der Waals surface area (Å²) >= 11 is 1.55. The molecule has 1 atom stereocenters. The molecule has 3 heterocycles. The zero-order valence-electron chi connectivity index (χ0n) is 19.4. The van der Waals surface area contributed by atoms with Crippen molar-refractivity contribution in [3.05, 3.63) is 50.9 Å². The summed E-state index contributed by atoms with van der Waals surface area (Å²) < 4.78 is 11.0. The van der Waals surface area contributed by atoms with Crippen LogP contribution in [0.25, 0.3) is 0 Å². The molecule has 33 heavy (non-hydrogen) atoms. The number of nitrogens with zero attached hydrogens (tertiary/aromatic N) is 1. The third kappa shape index (κ3) is 4.16. The molecule has 174 valence electrons. The lowest BCUT2D eigenvalue weighted by atomic mass is 9.69. The van der Waals surface area contributed by atoms with Gasteiger partial charge in [-0.3, -0.25) is 9.59 Å². The number of hydrogen-bond acceptors (Lipinski definition) is 7. The second kappa shape index (κ2) is 8.24. The van der Waals surface area contributed by atoms with Gasteiger partial charge in [-0.25, -0.2) is 4.98 Å². The van der Waals surface area contributed by atoms with Crippen LogP contribution in [-0.4, -0.2) is 28.3 Å². The van der Waals surface area contributed by atoms with E-state index < -0.39 is 5.92 Å². The Morgan fingerprint density at radius 1 is 1.18 bits per heavy atom. The molecule has 0 unspecified atom stereocenters. The van der Waals surface area contributed by atoms with E-state index >= 15 is 0 Å². The Morgan fingerprint density at radius 3 is 2.76 bits per heavy atom. The zero-order valence-corrected chi connectivity index (χ0v) is 20.2. The first kappa shape index (κ1) is 22.1. The lowest BCUT2D eigenvalue weighted by Gasteiger charge is -2.38. The van der Waals surface area contributed by atoms with Gasteiger partial charge in [0, 0.05) is 29.4 Å². The zero-order chi connectivity index (χ0) is 23.3. The Labute approximate surface area is 197 Å². The molecule has 3 aliphatic rings. The number of anilines is 1. The minimum absolute atomic E-state index is 0.0665. The molecule has 5 rings (SSSR count). The molecule has 0 saturated carbocycles. The number of carbonyl (C=O) groups is 1. The number of aromatic nitrogens is 2. The number of ether oxygens (including phenoxy) is 2. The molecule has 1 aromatic carbocycles. The fraction of sp³-hybridized carbons (Fsp3) is 0.480. The van der Waals surface area contributed by atoms with Crippen LogP contribution < -0.4 is 20.3 Å². The fourth-order valence-electron chi connectivity index (χ4n) is 4.78. The predicted octanol–water partition coefficient (Wildman–Crippen LogP) is 4.84. The molecule has 2 aliphatic heterocycles. The molecule has 2 aromatic rings. The maximum Gasteiger partial charge on any atom is 0.257 e. The van der Waals surface area contributed by atoms with Crippen molar-refractivity contribution in [3.8, 4) is 11.5 Å². The van der Waals surface area contributed by atoms with Crippen LogP contribution in [0.4, 0.5) is 5.82 Å². The van der Waals surface area contributed by atoms with Gasteiger partial charge in [0.05, 0.1) is 5.56 Å². The normalized spacial score (nSPS) is 20.5. The van der Waals surface area contributed by atoms with E-state index in [1.54, 1.807) is 11.8 Å². The second-order valence-corrected chi connectivity index (χ2v) is 11.3. The van der Waals surface area contributed by atoms with E-state index in [1.807, 2.05) is 18.2 Å². The summed E-state index contributed by atoms with van der Waals surface area (Å²) in [6, 6.07) is 5.63. The number of nitrogens with one attached hydrogen (secondary N) is 2. The van der Waals surface area contributed by atoms with Crippen molar-refractivity contribution in [2.45, 2.75) is 58.0 Å². The smallest absolute Gasteiger partial charge is 0.257 e. The van der Waals surface area contributed by atoms with Crippen LogP contribution in [0.15, 0.2) is 39.4 Å². The highest BCUT2D eigenvalue weighted by molar-refractivity contribution is 7.99. The summed E-state index contributed by atoms with van der Waals surface area (Å²) in [5.74, 6) is 2.86. The third-order valence-corrected chi connectivity index (χ3v) is 7.27. The second-order valence-electron chi connectivity index (χ2n) is 10.2. The molecule has 1 aliphatic carbocycles. The largest absolute Gasteiger partial charge is 0.454 e. The first-order valence-electron chi connectivity index (χ1n) is 11.4. The van der Waals surface area contributed by atoms with E-state index in [0.29, 0.717) is 45.9 Å². The van der Waals surface area contributed by atoms with Crippen molar-refractivity contribution in [3.63, 3.8) is 0 Å². The fourth-order valence-corrected chi connectivity index (χ4v) is 5.88. The molecule has 8 heteroatoms. The molecular formula is C25H29N3O4S. The Kier molecular flexibility index (Phi) is 5.51. The van der Waals surface area contributed by atoms with Crippen LogP contribution in [-0.2, 0) is 4.79 Å². The topological polar surface area (TPSA) is 93.3 Å². The van der Waals surface area contributed by atoms with Gasteiger partial charge in [-0.15, -0.1) is 0 Å². The summed E-state index contributed by atoms with van der Waals surface area (Å²) in [5.41, 5.74) is 2.46. The maximum absolute atomic E-state index is 13.4. The van der Waals surface area contributed by atoms with Gasteiger partial charge >= 0.3 is 0 Å². The van der Waals surface area contributed by atoms with Gasteiger partial charge < -0.3 is 19.8 Å². The van der Waals surface area contributed by atoms with Gasteiger partial charge in [0.1, 0.15) is 5.82 Å². The highest BCUT2D eigenvalue weighted by atomic mass is 32.2. The van der Waals surface area contributed by atoms with E-state index in [9.17, 15) is 9.59 Å². The number of allylic oxidation sites excluding steroid dienone is 2. The summed E-state index contributed by atoms with van der Waals surface area (Å²) in [5, 5.41) is 3.97. The first-order valence-corrected chi connectivity index (χ1v) is 12.4. The molecule has 0 radical (unpaired) electrons. The highest BCUT2D eigenvalue weighted by Gasteiger charge is 2.42. The number of benzene rings is 1. The Bertz CT molecular complexity index is 1210. The van der Waals surface area contributed by atoms with Crippen LogP contribution in [0.1, 0.15) is 64.0 Å². The molecule has 0 amide bonds. The van der Waals surface area contributed by atoms with Gasteiger partial charge in [0.25, 0.3) is 5.56 Å². The van der Waals surface area contributed by atoms with E-state index in [1.165, 1.54) is 0 Å². The average molecular weight is 468 g/mol. The highest BCUT2D eigenvalue weighted by Crippen LogP contribution is 2.49. The summed E-state index contributed by atoms with van der Waals surface area (Å²) in [4.78, 5) is 34.5. The van der Waals surface area contributed by atoms with E-state index in [-0.39, 0.29) is 23.6 Å².